The Balaban J connectivity index is 1.91. The molecule has 0 aliphatic heterocycles. The molecule has 4 nitrogen and oxygen atoms in total. The summed E-state index contributed by atoms with van der Waals surface area (Å²) < 4.78 is 1.05. The number of aryl methyl sites for hydroxylation is 1. The van der Waals surface area contributed by atoms with Crippen LogP contribution in [-0.2, 0) is 0 Å². The van der Waals surface area contributed by atoms with Gasteiger partial charge < -0.3 is 0 Å². The van der Waals surface area contributed by atoms with Crippen molar-refractivity contribution in [3.63, 3.8) is 0 Å². The Morgan fingerprint density at radius 1 is 1.24 bits per heavy atom. The van der Waals surface area contributed by atoms with E-state index in [0.29, 0.717) is 5.01 Å². The molecule has 0 bridgehead atoms. The molecule has 1 N–H and O–H groups in total. The van der Waals surface area contributed by atoms with Gasteiger partial charge in [-0.25, -0.2) is 4.98 Å². The molecule has 5 heteroatoms. The molecule has 0 amide bonds. The quantitative estimate of drug-likeness (QED) is 0.587. The van der Waals surface area contributed by atoms with Gasteiger partial charge in [0.05, 0.1) is 15.9 Å². The van der Waals surface area contributed by atoms with E-state index >= 15 is 0 Å². The van der Waals surface area contributed by atoms with Crippen LogP contribution in [0.1, 0.15) is 10.6 Å². The second-order valence-corrected chi connectivity index (χ2v) is 5.57. The van der Waals surface area contributed by atoms with Gasteiger partial charge in [0.1, 0.15) is 6.07 Å². The molecule has 21 heavy (non-hydrogen) atoms. The lowest BCUT2D eigenvalue weighted by Gasteiger charge is -2.01. The molecule has 0 aliphatic carbocycles. The van der Waals surface area contributed by atoms with Crippen LogP contribution < -0.4 is 5.43 Å². The van der Waals surface area contributed by atoms with Crippen molar-refractivity contribution in [2.45, 2.75) is 6.92 Å². The molecule has 0 spiro atoms. The van der Waals surface area contributed by atoms with Crippen LogP contribution in [0.4, 0.5) is 5.69 Å². The third-order valence-corrected chi connectivity index (χ3v) is 3.96. The Labute approximate surface area is 126 Å². The van der Waals surface area contributed by atoms with E-state index in [1.54, 1.807) is 0 Å². The monoisotopic (exact) mass is 292 g/mol. The van der Waals surface area contributed by atoms with Gasteiger partial charge in [0.15, 0.2) is 10.7 Å². The van der Waals surface area contributed by atoms with Crippen molar-refractivity contribution in [2.24, 2.45) is 5.10 Å². The molecule has 102 valence electrons. The van der Waals surface area contributed by atoms with Crippen molar-refractivity contribution in [3.05, 3.63) is 59.1 Å². The summed E-state index contributed by atoms with van der Waals surface area (Å²) in [4.78, 5) is 4.44. The van der Waals surface area contributed by atoms with E-state index in [0.717, 1.165) is 21.5 Å². The zero-order valence-corrected chi connectivity index (χ0v) is 12.2. The number of aromatic nitrogens is 1. The third kappa shape index (κ3) is 2.91. The Morgan fingerprint density at radius 3 is 2.86 bits per heavy atom. The van der Waals surface area contributed by atoms with E-state index in [4.69, 9.17) is 0 Å². The third-order valence-electron chi connectivity index (χ3n) is 2.92. The normalized spacial score (nSPS) is 11.3. The first-order valence-electron chi connectivity index (χ1n) is 6.42. The largest absolute Gasteiger partial charge is 0.277 e. The number of hydrogen-bond donors (Lipinski definition) is 1. The molecule has 0 unspecified atom stereocenters. The van der Waals surface area contributed by atoms with E-state index in [-0.39, 0.29) is 5.71 Å². The molecule has 0 fully saturated rings. The van der Waals surface area contributed by atoms with E-state index in [1.807, 2.05) is 55.5 Å². The lowest BCUT2D eigenvalue weighted by molar-refractivity contribution is 1.31. The van der Waals surface area contributed by atoms with Gasteiger partial charge in [0.2, 0.25) is 0 Å². The Bertz CT molecular complexity index is 825. The number of fused-ring (bicyclic) bond motifs is 1. The average Bonchev–Trinajstić information content (AvgIpc) is 2.91. The van der Waals surface area contributed by atoms with Crippen LogP contribution in [0.5, 0.6) is 0 Å². The molecule has 1 aromatic heterocycles. The molecule has 0 aliphatic rings. The zero-order chi connectivity index (χ0) is 14.7. The van der Waals surface area contributed by atoms with Crippen molar-refractivity contribution in [2.75, 3.05) is 5.43 Å². The number of hydrogen-bond acceptors (Lipinski definition) is 5. The van der Waals surface area contributed by atoms with Crippen LogP contribution in [0.15, 0.2) is 53.6 Å². The lowest BCUT2D eigenvalue weighted by atomic mass is 10.2. The highest BCUT2D eigenvalue weighted by Gasteiger charge is 2.09. The maximum absolute atomic E-state index is 9.28. The van der Waals surface area contributed by atoms with Crippen LogP contribution in [0.25, 0.3) is 10.2 Å². The minimum Gasteiger partial charge on any atom is -0.277 e. The molecule has 0 saturated heterocycles. The summed E-state index contributed by atoms with van der Waals surface area (Å²) in [6.45, 7) is 2.01. The molecule has 0 radical (unpaired) electrons. The first-order valence-corrected chi connectivity index (χ1v) is 7.24. The van der Waals surface area contributed by atoms with Crippen molar-refractivity contribution in [1.29, 1.82) is 5.26 Å². The summed E-state index contributed by atoms with van der Waals surface area (Å²) in [7, 11) is 0. The summed E-state index contributed by atoms with van der Waals surface area (Å²) in [5.41, 5.74) is 6.07. The molecule has 2 aromatic carbocycles. The van der Waals surface area contributed by atoms with E-state index in [9.17, 15) is 5.26 Å². The Morgan fingerprint density at radius 2 is 2.10 bits per heavy atom. The van der Waals surface area contributed by atoms with Crippen molar-refractivity contribution in [1.82, 2.24) is 4.98 Å². The number of hydrazone groups is 1. The maximum atomic E-state index is 9.28. The first kappa shape index (κ1) is 13.3. The molecule has 3 aromatic rings. The number of para-hydroxylation sites is 1. The highest BCUT2D eigenvalue weighted by molar-refractivity contribution is 7.20. The van der Waals surface area contributed by atoms with Crippen molar-refractivity contribution < 1.29 is 0 Å². The molecular formula is C16H12N4S. The Kier molecular flexibility index (Phi) is 3.63. The molecule has 0 saturated carbocycles. The molecule has 1 heterocycles. The van der Waals surface area contributed by atoms with Crippen LogP contribution in [0.3, 0.4) is 0 Å². The van der Waals surface area contributed by atoms with Crippen LogP contribution in [0.2, 0.25) is 0 Å². The second-order valence-electron chi connectivity index (χ2n) is 4.54. The van der Waals surface area contributed by atoms with Crippen LogP contribution >= 0.6 is 11.3 Å². The van der Waals surface area contributed by atoms with Crippen molar-refractivity contribution in [3.8, 4) is 6.07 Å². The summed E-state index contributed by atoms with van der Waals surface area (Å²) in [6.07, 6.45) is 0. The van der Waals surface area contributed by atoms with Crippen molar-refractivity contribution >= 4 is 33.0 Å². The predicted octanol–water partition coefficient (Wildman–Crippen LogP) is 3.94. The van der Waals surface area contributed by atoms with Crippen LogP contribution in [0, 0.1) is 18.3 Å². The number of thiazole rings is 1. The smallest absolute Gasteiger partial charge is 0.196 e. The van der Waals surface area contributed by atoms with Gasteiger partial charge in [-0.2, -0.15) is 10.4 Å². The summed E-state index contributed by atoms with van der Waals surface area (Å²) in [6, 6.07) is 17.7. The van der Waals surface area contributed by atoms with E-state index in [1.165, 1.54) is 11.3 Å². The highest BCUT2D eigenvalue weighted by atomic mass is 32.1. The second kappa shape index (κ2) is 5.73. The fraction of sp³-hybridized carbons (Fsp3) is 0.0625. The van der Waals surface area contributed by atoms with Gasteiger partial charge in [-0.3, -0.25) is 5.43 Å². The van der Waals surface area contributed by atoms with Gasteiger partial charge in [-0.05, 0) is 36.8 Å². The van der Waals surface area contributed by atoms with Gasteiger partial charge in [0.25, 0.3) is 0 Å². The minimum absolute atomic E-state index is 0.290. The molecule has 3 rings (SSSR count). The number of nitrogens with zero attached hydrogens (tertiary/aromatic N) is 3. The fourth-order valence-corrected chi connectivity index (χ4v) is 2.83. The number of rotatable bonds is 3. The number of nitriles is 1. The minimum atomic E-state index is 0.290. The van der Waals surface area contributed by atoms with Gasteiger partial charge in [-0.15, -0.1) is 11.3 Å². The lowest BCUT2D eigenvalue weighted by Crippen LogP contribution is -2.01. The summed E-state index contributed by atoms with van der Waals surface area (Å²) in [5.74, 6) is 0. The number of nitrogens with one attached hydrogen (secondary N) is 1. The number of benzene rings is 2. The standard InChI is InChI=1S/C16H12N4S/c1-11-5-4-6-12(9-11)19-20-14(10-17)16-18-13-7-2-3-8-15(13)21-16/h2-9,19H,1H3/b20-14+. The first-order chi connectivity index (χ1) is 10.3. The SMILES string of the molecule is Cc1cccc(N/N=C(\C#N)c2nc3ccccc3s2)c1. The maximum Gasteiger partial charge on any atom is 0.196 e. The van der Waals surface area contributed by atoms with Gasteiger partial charge >= 0.3 is 0 Å². The van der Waals surface area contributed by atoms with Gasteiger partial charge in [-0.1, -0.05) is 24.3 Å². The zero-order valence-electron chi connectivity index (χ0n) is 11.4. The molecular weight excluding hydrogens is 280 g/mol. The predicted molar refractivity (Wildman–Crippen MR) is 86.6 cm³/mol. The summed E-state index contributed by atoms with van der Waals surface area (Å²) in [5, 5.41) is 14.1. The fourth-order valence-electron chi connectivity index (χ4n) is 1.93. The van der Waals surface area contributed by atoms with Gasteiger partial charge in [0, 0.05) is 0 Å². The highest BCUT2D eigenvalue weighted by Crippen LogP contribution is 2.22. The summed E-state index contributed by atoms with van der Waals surface area (Å²) >= 11 is 1.46. The van der Waals surface area contributed by atoms with E-state index in [2.05, 4.69) is 21.6 Å². The van der Waals surface area contributed by atoms with E-state index < -0.39 is 0 Å². The van der Waals surface area contributed by atoms with Crippen LogP contribution in [-0.4, -0.2) is 10.7 Å². The topological polar surface area (TPSA) is 61.1 Å². The molecule has 0 atom stereocenters. The Hall–Kier alpha value is -2.71. The number of anilines is 1. The average molecular weight is 292 g/mol.